The van der Waals surface area contributed by atoms with Crippen LogP contribution in [0.5, 0.6) is 0 Å². The third-order valence-electron chi connectivity index (χ3n) is 2.77. The van der Waals surface area contributed by atoms with Crippen molar-refractivity contribution in [2.45, 2.75) is 19.4 Å². The zero-order valence-electron chi connectivity index (χ0n) is 11.3. The summed E-state index contributed by atoms with van der Waals surface area (Å²) in [5.41, 5.74) is 3.00. The summed E-state index contributed by atoms with van der Waals surface area (Å²) in [4.78, 5) is 12.4. The Morgan fingerprint density at radius 3 is 2.55 bits per heavy atom. The van der Waals surface area contributed by atoms with Crippen molar-refractivity contribution < 1.29 is 13.2 Å². The molecule has 0 fully saturated rings. The predicted molar refractivity (Wildman–Crippen MR) is 74.4 cm³/mol. The molecular formula is C12H10F2N6OS. The van der Waals surface area contributed by atoms with Crippen molar-refractivity contribution >= 4 is 17.3 Å². The first-order chi connectivity index (χ1) is 10.6. The highest BCUT2D eigenvalue weighted by atomic mass is 32.1. The van der Waals surface area contributed by atoms with Crippen LogP contribution in [-0.4, -0.2) is 25.1 Å². The molecule has 7 nitrogen and oxygen atoms in total. The Balaban J connectivity index is 1.72. The van der Waals surface area contributed by atoms with Crippen LogP contribution in [0.4, 0.5) is 14.7 Å². The molecule has 0 radical (unpaired) electrons. The maximum absolute atomic E-state index is 12.4. The fourth-order valence-corrected chi connectivity index (χ4v) is 2.30. The van der Waals surface area contributed by atoms with Crippen molar-refractivity contribution in [1.82, 2.24) is 25.1 Å². The minimum atomic E-state index is -2.80. The lowest BCUT2D eigenvalue weighted by atomic mass is 10.3. The van der Waals surface area contributed by atoms with Crippen LogP contribution in [0.1, 0.15) is 31.0 Å². The second-order valence-corrected chi connectivity index (χ2v) is 5.04. The number of alkyl halides is 2. The summed E-state index contributed by atoms with van der Waals surface area (Å²) < 4.78 is 29.6. The highest BCUT2D eigenvalue weighted by Gasteiger charge is 2.17. The Morgan fingerprint density at radius 2 is 1.95 bits per heavy atom. The molecule has 114 valence electrons. The normalized spacial score (nSPS) is 12.5. The summed E-state index contributed by atoms with van der Waals surface area (Å²) in [5, 5.41) is 11.8. The van der Waals surface area contributed by atoms with Gasteiger partial charge in [0.15, 0.2) is 0 Å². The molecule has 3 aromatic rings. The largest absolute Gasteiger partial charge is 0.415 e. The molecule has 1 atom stereocenters. The summed E-state index contributed by atoms with van der Waals surface area (Å²) in [6.07, 6.45) is 0.0413. The van der Waals surface area contributed by atoms with Crippen molar-refractivity contribution in [2.75, 3.05) is 5.32 Å². The molecule has 3 aromatic heterocycles. The van der Waals surface area contributed by atoms with E-state index in [9.17, 15) is 8.78 Å². The minimum absolute atomic E-state index is 0.0469. The Kier molecular flexibility index (Phi) is 4.00. The van der Waals surface area contributed by atoms with Crippen molar-refractivity contribution in [2.24, 2.45) is 0 Å². The van der Waals surface area contributed by atoms with Crippen molar-refractivity contribution in [3.63, 3.8) is 0 Å². The van der Waals surface area contributed by atoms with E-state index in [1.807, 2.05) is 12.3 Å². The molecule has 0 aliphatic rings. The van der Waals surface area contributed by atoms with Gasteiger partial charge in [-0.25, -0.2) is 15.0 Å². The monoisotopic (exact) mass is 324 g/mol. The lowest BCUT2D eigenvalue weighted by molar-refractivity contribution is 0.116. The van der Waals surface area contributed by atoms with Gasteiger partial charge in [-0.15, -0.1) is 21.5 Å². The van der Waals surface area contributed by atoms with E-state index in [2.05, 4.69) is 30.5 Å². The number of hydrogen-bond donors (Lipinski definition) is 1. The minimum Gasteiger partial charge on any atom is -0.415 e. The highest BCUT2D eigenvalue weighted by molar-refractivity contribution is 7.07. The van der Waals surface area contributed by atoms with E-state index in [4.69, 9.17) is 4.42 Å². The molecule has 0 saturated heterocycles. The van der Waals surface area contributed by atoms with Gasteiger partial charge in [-0.05, 0) is 6.92 Å². The fourth-order valence-electron chi connectivity index (χ4n) is 1.66. The van der Waals surface area contributed by atoms with Gasteiger partial charge in [0.1, 0.15) is 0 Å². The number of anilines is 1. The topological polar surface area (TPSA) is 89.6 Å². The third kappa shape index (κ3) is 3.06. The molecule has 1 unspecified atom stereocenters. The van der Waals surface area contributed by atoms with Crippen LogP contribution in [-0.2, 0) is 0 Å². The van der Waals surface area contributed by atoms with Crippen LogP contribution in [0.15, 0.2) is 27.7 Å². The number of thiazole rings is 1. The van der Waals surface area contributed by atoms with Gasteiger partial charge in [-0.1, -0.05) is 0 Å². The summed E-state index contributed by atoms with van der Waals surface area (Å²) >= 11 is 1.50. The number of aromatic nitrogens is 5. The van der Waals surface area contributed by atoms with E-state index >= 15 is 0 Å². The van der Waals surface area contributed by atoms with Gasteiger partial charge in [-0.3, -0.25) is 0 Å². The van der Waals surface area contributed by atoms with Crippen LogP contribution < -0.4 is 5.32 Å². The number of halogens is 2. The van der Waals surface area contributed by atoms with Gasteiger partial charge in [0.2, 0.25) is 5.95 Å². The second kappa shape index (κ2) is 6.10. The SMILES string of the molecule is CC(Nc1ncc(-c2nnc(C(F)F)o2)cn1)c1cscn1. The van der Waals surface area contributed by atoms with Crippen molar-refractivity contribution in [3.8, 4) is 11.5 Å². The molecule has 0 saturated carbocycles. The van der Waals surface area contributed by atoms with Crippen LogP contribution >= 0.6 is 11.3 Å². The van der Waals surface area contributed by atoms with Gasteiger partial charge in [0.25, 0.3) is 11.8 Å². The van der Waals surface area contributed by atoms with Gasteiger partial charge in [0, 0.05) is 17.8 Å². The fraction of sp³-hybridized carbons (Fsp3) is 0.250. The molecule has 10 heteroatoms. The van der Waals surface area contributed by atoms with E-state index in [-0.39, 0.29) is 11.9 Å². The molecule has 1 N–H and O–H groups in total. The van der Waals surface area contributed by atoms with Crippen LogP contribution in [0.25, 0.3) is 11.5 Å². The Labute approximate surface area is 127 Å². The van der Waals surface area contributed by atoms with Crippen molar-refractivity contribution in [3.05, 3.63) is 34.9 Å². The zero-order chi connectivity index (χ0) is 15.5. The molecule has 0 aromatic carbocycles. The average Bonchev–Trinajstić information content (AvgIpc) is 3.20. The number of rotatable bonds is 5. The molecule has 0 spiro atoms. The molecule has 3 heterocycles. The maximum atomic E-state index is 12.4. The third-order valence-corrected chi connectivity index (χ3v) is 3.37. The summed E-state index contributed by atoms with van der Waals surface area (Å²) in [6, 6.07) is -0.0501. The molecule has 22 heavy (non-hydrogen) atoms. The van der Waals surface area contributed by atoms with E-state index < -0.39 is 12.3 Å². The van der Waals surface area contributed by atoms with Crippen LogP contribution in [0.3, 0.4) is 0 Å². The summed E-state index contributed by atoms with van der Waals surface area (Å²) in [7, 11) is 0. The quantitative estimate of drug-likeness (QED) is 0.771. The van der Waals surface area contributed by atoms with Gasteiger partial charge >= 0.3 is 6.43 Å². The van der Waals surface area contributed by atoms with Gasteiger partial charge < -0.3 is 9.73 Å². The first kappa shape index (κ1) is 14.4. The zero-order valence-corrected chi connectivity index (χ0v) is 12.1. The van der Waals surface area contributed by atoms with Crippen molar-refractivity contribution in [1.29, 1.82) is 0 Å². The number of nitrogens with zero attached hydrogens (tertiary/aromatic N) is 5. The predicted octanol–water partition coefficient (Wildman–Crippen LogP) is 3.09. The molecule has 0 amide bonds. The average molecular weight is 324 g/mol. The number of hydrogen-bond acceptors (Lipinski definition) is 8. The highest BCUT2D eigenvalue weighted by Crippen LogP contribution is 2.23. The Morgan fingerprint density at radius 1 is 1.18 bits per heavy atom. The van der Waals surface area contributed by atoms with E-state index in [0.29, 0.717) is 11.5 Å². The first-order valence-corrected chi connectivity index (χ1v) is 7.16. The summed E-state index contributed by atoms with van der Waals surface area (Å²) in [6.45, 7) is 1.93. The first-order valence-electron chi connectivity index (χ1n) is 6.22. The Hall–Kier alpha value is -2.49. The standard InChI is InChI=1S/C12H10F2N6OS/c1-6(8-4-22-5-17-8)18-12-15-2-7(3-16-12)10-19-20-11(21-10)9(13)14/h2-6,9H,1H3,(H,15,16,18). The summed E-state index contributed by atoms with van der Waals surface area (Å²) in [5.74, 6) is -0.387. The smallest absolute Gasteiger partial charge is 0.314 e. The van der Waals surface area contributed by atoms with E-state index in [0.717, 1.165) is 5.69 Å². The van der Waals surface area contributed by atoms with E-state index in [1.165, 1.54) is 23.7 Å². The molecular weight excluding hydrogens is 314 g/mol. The molecule has 0 bridgehead atoms. The van der Waals surface area contributed by atoms with Gasteiger partial charge in [-0.2, -0.15) is 8.78 Å². The molecule has 3 rings (SSSR count). The van der Waals surface area contributed by atoms with Crippen LogP contribution in [0, 0.1) is 0 Å². The maximum Gasteiger partial charge on any atom is 0.314 e. The van der Waals surface area contributed by atoms with Crippen LogP contribution in [0.2, 0.25) is 0 Å². The molecule has 0 aliphatic heterocycles. The lowest BCUT2D eigenvalue weighted by Gasteiger charge is -2.10. The Bertz CT molecular complexity index is 730. The molecule has 0 aliphatic carbocycles. The lowest BCUT2D eigenvalue weighted by Crippen LogP contribution is -2.09. The van der Waals surface area contributed by atoms with E-state index in [1.54, 1.807) is 5.51 Å². The van der Waals surface area contributed by atoms with Gasteiger partial charge in [0.05, 0.1) is 22.8 Å². The number of nitrogens with one attached hydrogen (secondary N) is 1. The second-order valence-electron chi connectivity index (χ2n) is 4.32.